The van der Waals surface area contributed by atoms with E-state index in [9.17, 15) is 18.0 Å². The summed E-state index contributed by atoms with van der Waals surface area (Å²) < 4.78 is 38.9. The minimum Gasteiger partial charge on any atom is -0.347 e. The highest BCUT2D eigenvalue weighted by Gasteiger charge is 2.41. The van der Waals surface area contributed by atoms with Crippen molar-refractivity contribution in [2.24, 2.45) is 0 Å². The van der Waals surface area contributed by atoms with E-state index in [1.54, 1.807) is 6.92 Å². The van der Waals surface area contributed by atoms with E-state index in [1.165, 1.54) is 31.7 Å². The number of amides is 1. The van der Waals surface area contributed by atoms with Crippen LogP contribution in [0.2, 0.25) is 0 Å². The Bertz CT molecular complexity index is 682. The molecule has 3 nitrogen and oxygen atoms in total. The second-order valence-electron chi connectivity index (χ2n) is 8.18. The van der Waals surface area contributed by atoms with E-state index in [-0.39, 0.29) is 17.5 Å². The molecule has 1 amide bonds. The van der Waals surface area contributed by atoms with Crippen LogP contribution in [-0.2, 0) is 12.6 Å². The second kappa shape index (κ2) is 7.82. The Morgan fingerprint density at radius 2 is 1.89 bits per heavy atom. The molecule has 0 aliphatic heterocycles. The van der Waals surface area contributed by atoms with Crippen LogP contribution in [0.5, 0.6) is 0 Å². The molecule has 0 aromatic heterocycles. The van der Waals surface area contributed by atoms with Crippen LogP contribution in [0.1, 0.15) is 80.3 Å². The molecule has 150 valence electrons. The highest BCUT2D eigenvalue weighted by atomic mass is 19.4. The minimum absolute atomic E-state index is 0.00222. The number of aryl methyl sites for hydroxylation is 1. The summed E-state index contributed by atoms with van der Waals surface area (Å²) in [6.07, 6.45) is 3.76. The first-order valence-corrected chi connectivity index (χ1v) is 10.0. The van der Waals surface area contributed by atoms with E-state index in [2.05, 4.69) is 17.6 Å². The van der Waals surface area contributed by atoms with Gasteiger partial charge in [-0.2, -0.15) is 13.2 Å². The van der Waals surface area contributed by atoms with E-state index in [0.29, 0.717) is 23.6 Å². The Morgan fingerprint density at radius 3 is 2.52 bits per heavy atom. The lowest BCUT2D eigenvalue weighted by molar-refractivity contribution is -0.137. The van der Waals surface area contributed by atoms with Gasteiger partial charge in [0.2, 0.25) is 0 Å². The third-order valence-electron chi connectivity index (χ3n) is 6.21. The molecule has 0 bridgehead atoms. The predicted molar refractivity (Wildman–Crippen MR) is 99.7 cm³/mol. The van der Waals surface area contributed by atoms with Gasteiger partial charge >= 0.3 is 6.18 Å². The van der Waals surface area contributed by atoms with Gasteiger partial charge in [0.05, 0.1) is 5.56 Å². The number of benzene rings is 1. The number of hydrogen-bond acceptors (Lipinski definition) is 2. The maximum atomic E-state index is 13.0. The Balaban J connectivity index is 1.74. The molecule has 27 heavy (non-hydrogen) atoms. The van der Waals surface area contributed by atoms with Crippen LogP contribution in [0.3, 0.4) is 0 Å². The Hall–Kier alpha value is -1.56. The molecular weight excluding hydrogens is 353 g/mol. The summed E-state index contributed by atoms with van der Waals surface area (Å²) >= 11 is 0. The second-order valence-corrected chi connectivity index (χ2v) is 8.18. The summed E-state index contributed by atoms with van der Waals surface area (Å²) in [6.45, 7) is 3.93. The SMILES string of the molecule is CCc1cc(C(F)(F)F)ccc1C(=O)N[C@H]1CCC[C@]1(C)NC1CCCC1. The molecule has 2 N–H and O–H groups in total. The molecule has 3 rings (SSSR count). The molecule has 0 heterocycles. The number of halogens is 3. The molecule has 0 radical (unpaired) electrons. The van der Waals surface area contributed by atoms with Gasteiger partial charge in [0.25, 0.3) is 5.91 Å². The zero-order valence-corrected chi connectivity index (χ0v) is 16.1. The molecule has 6 heteroatoms. The van der Waals surface area contributed by atoms with Crippen molar-refractivity contribution < 1.29 is 18.0 Å². The average Bonchev–Trinajstić information content (AvgIpc) is 3.24. The summed E-state index contributed by atoms with van der Waals surface area (Å²) in [6, 6.07) is 3.91. The van der Waals surface area contributed by atoms with Crippen LogP contribution in [-0.4, -0.2) is 23.5 Å². The molecule has 1 aromatic rings. The van der Waals surface area contributed by atoms with Crippen LogP contribution in [0.4, 0.5) is 13.2 Å². The number of nitrogens with one attached hydrogen (secondary N) is 2. The number of rotatable bonds is 5. The summed E-state index contributed by atoms with van der Waals surface area (Å²) in [7, 11) is 0. The van der Waals surface area contributed by atoms with Crippen molar-refractivity contribution in [3.63, 3.8) is 0 Å². The van der Waals surface area contributed by atoms with E-state index in [1.807, 2.05) is 0 Å². The van der Waals surface area contributed by atoms with Crippen molar-refractivity contribution in [1.82, 2.24) is 10.6 Å². The molecule has 2 saturated carbocycles. The zero-order chi connectivity index (χ0) is 19.7. The molecule has 0 unspecified atom stereocenters. The molecular formula is C21H29F3N2O. The van der Waals surface area contributed by atoms with Gasteiger partial charge in [-0.25, -0.2) is 0 Å². The van der Waals surface area contributed by atoms with Crippen molar-refractivity contribution in [3.8, 4) is 0 Å². The quantitative estimate of drug-likeness (QED) is 0.765. The van der Waals surface area contributed by atoms with E-state index < -0.39 is 11.7 Å². The topological polar surface area (TPSA) is 41.1 Å². The fourth-order valence-corrected chi connectivity index (χ4v) is 4.63. The molecule has 2 aliphatic rings. The van der Waals surface area contributed by atoms with E-state index in [4.69, 9.17) is 0 Å². The van der Waals surface area contributed by atoms with Gasteiger partial charge in [0, 0.05) is 23.2 Å². The van der Waals surface area contributed by atoms with Crippen molar-refractivity contribution in [1.29, 1.82) is 0 Å². The van der Waals surface area contributed by atoms with Crippen molar-refractivity contribution in [2.75, 3.05) is 0 Å². The van der Waals surface area contributed by atoms with Crippen molar-refractivity contribution in [3.05, 3.63) is 34.9 Å². The molecule has 2 atom stereocenters. The Labute approximate surface area is 159 Å². The molecule has 2 fully saturated rings. The smallest absolute Gasteiger partial charge is 0.347 e. The van der Waals surface area contributed by atoms with E-state index in [0.717, 1.165) is 31.4 Å². The lowest BCUT2D eigenvalue weighted by Crippen LogP contribution is -2.58. The fourth-order valence-electron chi connectivity index (χ4n) is 4.63. The van der Waals surface area contributed by atoms with Gasteiger partial charge in [-0.3, -0.25) is 4.79 Å². The van der Waals surface area contributed by atoms with Crippen molar-refractivity contribution >= 4 is 5.91 Å². The first-order valence-electron chi connectivity index (χ1n) is 10.0. The third kappa shape index (κ3) is 4.48. The maximum absolute atomic E-state index is 13.0. The monoisotopic (exact) mass is 382 g/mol. The molecule has 0 saturated heterocycles. The molecule has 1 aromatic carbocycles. The summed E-state index contributed by atoms with van der Waals surface area (Å²) in [5, 5.41) is 6.87. The van der Waals surface area contributed by atoms with Crippen LogP contribution in [0.15, 0.2) is 18.2 Å². The average molecular weight is 382 g/mol. The van der Waals surface area contributed by atoms with Gasteiger partial charge in [0.1, 0.15) is 0 Å². The summed E-state index contributed by atoms with van der Waals surface area (Å²) in [5.41, 5.74) is -0.0703. The first-order chi connectivity index (χ1) is 12.7. The largest absolute Gasteiger partial charge is 0.416 e. The van der Waals surface area contributed by atoms with Gasteiger partial charge in [-0.1, -0.05) is 19.8 Å². The van der Waals surface area contributed by atoms with Crippen LogP contribution in [0, 0.1) is 0 Å². The number of carbonyl (C=O) groups is 1. The van der Waals surface area contributed by atoms with Gasteiger partial charge in [0.15, 0.2) is 0 Å². The van der Waals surface area contributed by atoms with Gasteiger partial charge < -0.3 is 10.6 Å². The minimum atomic E-state index is -4.39. The number of hydrogen-bond donors (Lipinski definition) is 2. The zero-order valence-electron chi connectivity index (χ0n) is 16.1. The van der Waals surface area contributed by atoms with Gasteiger partial charge in [-0.05, 0) is 69.2 Å². The number of alkyl halides is 3. The van der Waals surface area contributed by atoms with Crippen molar-refractivity contribution in [2.45, 2.75) is 89.0 Å². The summed E-state index contributed by atoms with van der Waals surface area (Å²) in [5.74, 6) is -0.271. The number of carbonyl (C=O) groups excluding carboxylic acids is 1. The van der Waals surface area contributed by atoms with E-state index >= 15 is 0 Å². The first kappa shape index (κ1) is 20.2. The molecule has 0 spiro atoms. The predicted octanol–water partition coefficient (Wildman–Crippen LogP) is 4.84. The highest BCUT2D eigenvalue weighted by molar-refractivity contribution is 5.96. The van der Waals surface area contributed by atoms with Crippen LogP contribution >= 0.6 is 0 Å². The summed E-state index contributed by atoms with van der Waals surface area (Å²) in [4.78, 5) is 12.8. The third-order valence-corrected chi connectivity index (χ3v) is 6.21. The fraction of sp³-hybridized carbons (Fsp3) is 0.667. The molecule has 2 aliphatic carbocycles. The normalized spacial score (nSPS) is 26.5. The maximum Gasteiger partial charge on any atom is 0.416 e. The lowest BCUT2D eigenvalue weighted by Gasteiger charge is -2.36. The Morgan fingerprint density at radius 1 is 1.19 bits per heavy atom. The van der Waals surface area contributed by atoms with Crippen LogP contribution in [0.25, 0.3) is 0 Å². The Kier molecular flexibility index (Phi) is 5.84. The van der Waals surface area contributed by atoms with Crippen LogP contribution < -0.4 is 10.6 Å². The standard InChI is InChI=1S/C21H29F3N2O/c1-3-14-13-15(21(22,23)24)10-11-17(14)19(27)25-18-9-6-12-20(18,2)26-16-7-4-5-8-16/h10-11,13,16,18,26H,3-9,12H2,1-2H3,(H,25,27)/t18-,20-/m0/s1. The lowest BCUT2D eigenvalue weighted by atomic mass is 9.93. The van der Waals surface area contributed by atoms with Gasteiger partial charge in [-0.15, -0.1) is 0 Å². The highest BCUT2D eigenvalue weighted by Crippen LogP contribution is 2.34.